The lowest BCUT2D eigenvalue weighted by atomic mass is 10.0. The van der Waals surface area contributed by atoms with E-state index < -0.39 is 6.17 Å². The van der Waals surface area contributed by atoms with Gasteiger partial charge in [-0.15, -0.1) is 0 Å². The van der Waals surface area contributed by atoms with Crippen LogP contribution in [0.25, 0.3) is 11.3 Å². The van der Waals surface area contributed by atoms with E-state index in [1.807, 2.05) is 17.0 Å². The molecule has 1 aliphatic heterocycles. The third kappa shape index (κ3) is 3.73. The number of aromatic nitrogens is 4. The zero-order valence-electron chi connectivity index (χ0n) is 15.7. The summed E-state index contributed by atoms with van der Waals surface area (Å²) in [6.07, 6.45) is 2.36. The lowest BCUT2D eigenvalue weighted by molar-refractivity contribution is 0.275. The number of anilines is 2. The second kappa shape index (κ2) is 8.31. The summed E-state index contributed by atoms with van der Waals surface area (Å²) < 4.78 is 13.1. The summed E-state index contributed by atoms with van der Waals surface area (Å²) in [5.74, 6) is 0.466. The maximum Gasteiger partial charge on any atom is 0.143 e. The molecule has 0 bridgehead atoms. The van der Waals surface area contributed by atoms with Crippen molar-refractivity contribution in [2.75, 3.05) is 23.7 Å². The standard InChI is InChI=1S/C20H15FN8S/c21-12-9-29(10-12)14-3-4-17(25-8-14)18-15(6-22)19(24)27-20(16(18)7-23)30-11-13-2-1-5-26-28-13/h1-5,8,12H,9-11H2,(H2,24,27). The molecule has 30 heavy (non-hydrogen) atoms. The number of hydrogen-bond donors (Lipinski definition) is 1. The largest absolute Gasteiger partial charge is 0.383 e. The van der Waals surface area contributed by atoms with Gasteiger partial charge in [-0.05, 0) is 24.3 Å². The average Bonchev–Trinajstić information content (AvgIpc) is 2.76. The molecule has 10 heteroatoms. The third-order valence-electron chi connectivity index (χ3n) is 4.61. The van der Waals surface area contributed by atoms with Gasteiger partial charge in [-0.3, -0.25) is 4.98 Å². The Bertz CT molecular complexity index is 1150. The van der Waals surface area contributed by atoms with Crippen LogP contribution < -0.4 is 10.6 Å². The number of alkyl halides is 1. The molecule has 2 N–H and O–H groups in total. The Morgan fingerprint density at radius 3 is 2.60 bits per heavy atom. The van der Waals surface area contributed by atoms with E-state index in [0.717, 1.165) is 11.4 Å². The molecule has 0 aliphatic carbocycles. The number of halogens is 1. The first-order chi connectivity index (χ1) is 14.6. The number of nitriles is 2. The van der Waals surface area contributed by atoms with Gasteiger partial charge in [0.15, 0.2) is 0 Å². The summed E-state index contributed by atoms with van der Waals surface area (Å²) in [7, 11) is 0. The van der Waals surface area contributed by atoms with Crippen molar-refractivity contribution in [3.63, 3.8) is 0 Å². The van der Waals surface area contributed by atoms with Crippen LogP contribution >= 0.6 is 11.8 Å². The second-order valence-corrected chi connectivity index (χ2v) is 7.52. The molecule has 0 aromatic carbocycles. The van der Waals surface area contributed by atoms with Crippen LogP contribution in [-0.4, -0.2) is 39.4 Å². The normalized spacial score (nSPS) is 13.4. The minimum Gasteiger partial charge on any atom is -0.383 e. The Hall–Kier alpha value is -3.76. The van der Waals surface area contributed by atoms with Crippen LogP contribution in [0.5, 0.6) is 0 Å². The predicted molar refractivity (Wildman–Crippen MR) is 110 cm³/mol. The van der Waals surface area contributed by atoms with Crippen LogP contribution in [0.15, 0.2) is 41.7 Å². The van der Waals surface area contributed by atoms with Crippen molar-refractivity contribution in [1.29, 1.82) is 10.5 Å². The first-order valence-corrected chi connectivity index (χ1v) is 9.97. The molecule has 0 saturated carbocycles. The number of hydrogen-bond acceptors (Lipinski definition) is 9. The Morgan fingerprint density at radius 2 is 2.00 bits per heavy atom. The zero-order valence-corrected chi connectivity index (χ0v) is 16.5. The fourth-order valence-corrected chi connectivity index (χ4v) is 3.96. The minimum atomic E-state index is -0.825. The van der Waals surface area contributed by atoms with Gasteiger partial charge in [-0.1, -0.05) is 11.8 Å². The highest BCUT2D eigenvalue weighted by atomic mass is 32.2. The molecule has 3 aromatic rings. The molecule has 3 aromatic heterocycles. The number of nitrogen functional groups attached to an aromatic ring is 1. The van der Waals surface area contributed by atoms with E-state index >= 15 is 0 Å². The van der Waals surface area contributed by atoms with E-state index in [1.165, 1.54) is 11.8 Å². The Kier molecular flexibility index (Phi) is 5.42. The first kappa shape index (κ1) is 19.6. The molecule has 0 amide bonds. The van der Waals surface area contributed by atoms with Gasteiger partial charge in [0, 0.05) is 17.5 Å². The molecule has 0 radical (unpaired) electrons. The van der Waals surface area contributed by atoms with Gasteiger partial charge in [0.2, 0.25) is 0 Å². The van der Waals surface area contributed by atoms with Crippen LogP contribution in [0.4, 0.5) is 15.9 Å². The van der Waals surface area contributed by atoms with Crippen LogP contribution in [0, 0.1) is 22.7 Å². The molecular formula is C20H15FN8S. The van der Waals surface area contributed by atoms with Crippen molar-refractivity contribution >= 4 is 23.3 Å². The predicted octanol–water partition coefficient (Wildman–Crippen LogP) is 2.71. The molecule has 148 valence electrons. The summed E-state index contributed by atoms with van der Waals surface area (Å²) in [4.78, 5) is 10.5. The topological polar surface area (TPSA) is 128 Å². The van der Waals surface area contributed by atoms with Crippen LogP contribution in [-0.2, 0) is 5.75 Å². The summed E-state index contributed by atoms with van der Waals surface area (Å²) in [6.45, 7) is 0.665. The molecule has 0 spiro atoms. The number of nitrogens with two attached hydrogens (primary N) is 1. The highest BCUT2D eigenvalue weighted by Gasteiger charge is 2.27. The maximum atomic E-state index is 13.1. The van der Waals surface area contributed by atoms with Gasteiger partial charge in [0.1, 0.15) is 34.7 Å². The molecule has 4 heterocycles. The average molecular weight is 418 g/mol. The lowest BCUT2D eigenvalue weighted by Crippen LogP contribution is -2.48. The number of rotatable bonds is 5. The van der Waals surface area contributed by atoms with Crippen molar-refractivity contribution in [2.45, 2.75) is 17.0 Å². The first-order valence-electron chi connectivity index (χ1n) is 8.99. The molecule has 4 rings (SSSR count). The van der Waals surface area contributed by atoms with Gasteiger partial charge in [0.25, 0.3) is 0 Å². The van der Waals surface area contributed by atoms with Gasteiger partial charge < -0.3 is 10.6 Å². The minimum absolute atomic E-state index is 0.0297. The Labute approximate surface area is 176 Å². The molecule has 0 unspecified atom stereocenters. The Balaban J connectivity index is 1.71. The van der Waals surface area contributed by atoms with Crippen molar-refractivity contribution in [1.82, 2.24) is 20.2 Å². The maximum absolute atomic E-state index is 13.1. The van der Waals surface area contributed by atoms with Gasteiger partial charge in [-0.2, -0.15) is 20.7 Å². The Morgan fingerprint density at radius 1 is 1.20 bits per heavy atom. The van der Waals surface area contributed by atoms with Gasteiger partial charge in [0.05, 0.1) is 41.9 Å². The van der Waals surface area contributed by atoms with E-state index in [4.69, 9.17) is 5.73 Å². The zero-order chi connectivity index (χ0) is 21.1. The fraction of sp³-hybridized carbons (Fsp3) is 0.200. The molecule has 8 nitrogen and oxygen atoms in total. The summed E-state index contributed by atoms with van der Waals surface area (Å²) in [5.41, 5.74) is 8.62. The van der Waals surface area contributed by atoms with Crippen molar-refractivity contribution in [3.8, 4) is 23.4 Å². The van der Waals surface area contributed by atoms with Crippen molar-refractivity contribution in [2.24, 2.45) is 0 Å². The van der Waals surface area contributed by atoms with Crippen molar-refractivity contribution in [3.05, 3.63) is 53.5 Å². The molecule has 1 aliphatic rings. The third-order valence-corrected chi connectivity index (χ3v) is 5.62. The van der Waals surface area contributed by atoms with E-state index in [0.29, 0.717) is 35.1 Å². The molecular weight excluding hydrogens is 403 g/mol. The van der Waals surface area contributed by atoms with E-state index in [1.54, 1.807) is 30.6 Å². The highest BCUT2D eigenvalue weighted by Crippen LogP contribution is 2.36. The molecule has 1 saturated heterocycles. The SMILES string of the molecule is N#Cc1c(N)nc(SCc2cccnn2)c(C#N)c1-c1ccc(N2CC(F)C2)cn1. The number of pyridine rings is 2. The number of nitrogens with zero attached hydrogens (tertiary/aromatic N) is 7. The molecule has 0 atom stereocenters. The summed E-state index contributed by atoms with van der Waals surface area (Å²) in [6, 6.07) is 11.3. The summed E-state index contributed by atoms with van der Waals surface area (Å²) >= 11 is 1.28. The quantitative estimate of drug-likeness (QED) is 0.622. The van der Waals surface area contributed by atoms with E-state index in [2.05, 4.69) is 26.2 Å². The van der Waals surface area contributed by atoms with Gasteiger partial charge in [-0.25, -0.2) is 9.37 Å². The lowest BCUT2D eigenvalue weighted by Gasteiger charge is -2.36. The van der Waals surface area contributed by atoms with Crippen LogP contribution in [0.1, 0.15) is 16.8 Å². The van der Waals surface area contributed by atoms with E-state index in [-0.39, 0.29) is 16.9 Å². The van der Waals surface area contributed by atoms with Gasteiger partial charge >= 0.3 is 0 Å². The fourth-order valence-electron chi connectivity index (χ4n) is 3.07. The highest BCUT2D eigenvalue weighted by molar-refractivity contribution is 7.98. The van der Waals surface area contributed by atoms with Crippen LogP contribution in [0.3, 0.4) is 0 Å². The summed E-state index contributed by atoms with van der Waals surface area (Å²) in [5, 5.41) is 27.7. The monoisotopic (exact) mass is 418 g/mol. The smallest absolute Gasteiger partial charge is 0.143 e. The second-order valence-electron chi connectivity index (χ2n) is 6.56. The van der Waals surface area contributed by atoms with Crippen LogP contribution in [0.2, 0.25) is 0 Å². The van der Waals surface area contributed by atoms with Crippen molar-refractivity contribution < 1.29 is 4.39 Å². The van der Waals surface area contributed by atoms with E-state index in [9.17, 15) is 14.9 Å². The molecule has 1 fully saturated rings. The number of thioether (sulfide) groups is 1.